The van der Waals surface area contributed by atoms with Crippen LogP contribution in [0.15, 0.2) is 18.2 Å². The summed E-state index contributed by atoms with van der Waals surface area (Å²) < 4.78 is 7.21. The Morgan fingerprint density at radius 1 is 1.44 bits per heavy atom. The van der Waals surface area contributed by atoms with Gasteiger partial charge in [0.15, 0.2) is 0 Å². The van der Waals surface area contributed by atoms with E-state index < -0.39 is 0 Å². The fourth-order valence-corrected chi connectivity index (χ4v) is 2.35. The van der Waals surface area contributed by atoms with Gasteiger partial charge in [-0.05, 0) is 31.5 Å². The lowest BCUT2D eigenvalue weighted by atomic mass is 10.3. The third-order valence-corrected chi connectivity index (χ3v) is 3.26. The second-order valence-electron chi connectivity index (χ2n) is 4.22. The number of rotatable bonds is 5. The summed E-state index contributed by atoms with van der Waals surface area (Å²) in [4.78, 5) is 4.56. The molecule has 0 saturated heterocycles. The van der Waals surface area contributed by atoms with E-state index in [2.05, 4.69) is 9.55 Å². The van der Waals surface area contributed by atoms with Crippen LogP contribution in [0.2, 0.25) is 5.02 Å². The number of hydrogen-bond donors (Lipinski definition) is 0. The minimum absolute atomic E-state index is 0.126. The number of hydrogen-bond acceptors (Lipinski definition) is 2. The molecule has 0 aliphatic heterocycles. The molecule has 0 radical (unpaired) electrons. The maximum atomic E-state index is 6.18. The first kappa shape index (κ1) is 13.7. The van der Waals surface area contributed by atoms with E-state index in [1.165, 1.54) is 0 Å². The summed E-state index contributed by atoms with van der Waals surface area (Å²) in [5.41, 5.74) is 1.96. The first-order valence-corrected chi connectivity index (χ1v) is 6.73. The lowest BCUT2D eigenvalue weighted by Crippen LogP contribution is -2.06. The van der Waals surface area contributed by atoms with Gasteiger partial charge in [0, 0.05) is 25.3 Å². The zero-order chi connectivity index (χ0) is 13.1. The summed E-state index contributed by atoms with van der Waals surface area (Å²) >= 11 is 12.2. The molecule has 0 fully saturated rings. The maximum Gasteiger partial charge on any atom is 0.127 e. The number of halogens is 2. The molecule has 0 aliphatic rings. The van der Waals surface area contributed by atoms with Crippen LogP contribution in [-0.2, 0) is 11.3 Å². The Bertz CT molecular complexity index is 537. The van der Waals surface area contributed by atoms with Gasteiger partial charge in [-0.15, -0.1) is 11.6 Å². The molecule has 3 nitrogen and oxygen atoms in total. The largest absolute Gasteiger partial charge is 0.385 e. The number of aromatic nitrogens is 2. The number of benzene rings is 1. The smallest absolute Gasteiger partial charge is 0.127 e. The standard InChI is InChI=1S/C13H16Cl2N2O/c1-9(14)13-16-11-5-4-10(15)8-12(11)17(13)6-3-7-18-2/h4-5,8-9H,3,6-7H2,1-2H3. The van der Waals surface area contributed by atoms with Crippen LogP contribution < -0.4 is 0 Å². The summed E-state index contributed by atoms with van der Waals surface area (Å²) in [6.45, 7) is 3.48. The molecule has 2 aromatic rings. The van der Waals surface area contributed by atoms with Crippen molar-refractivity contribution < 1.29 is 4.74 Å². The van der Waals surface area contributed by atoms with Crippen LogP contribution in [0.5, 0.6) is 0 Å². The molecular formula is C13H16Cl2N2O. The molecule has 1 aromatic heterocycles. The van der Waals surface area contributed by atoms with E-state index in [9.17, 15) is 0 Å². The van der Waals surface area contributed by atoms with Crippen LogP contribution in [0.1, 0.15) is 24.5 Å². The van der Waals surface area contributed by atoms with Crippen LogP contribution in [0.25, 0.3) is 11.0 Å². The van der Waals surface area contributed by atoms with E-state index in [0.717, 1.165) is 36.4 Å². The molecule has 1 heterocycles. The van der Waals surface area contributed by atoms with Gasteiger partial charge in [0.05, 0.1) is 16.4 Å². The fourth-order valence-electron chi connectivity index (χ4n) is 2.02. The summed E-state index contributed by atoms with van der Waals surface area (Å²) in [7, 11) is 1.70. The highest BCUT2D eigenvalue weighted by Gasteiger charge is 2.14. The van der Waals surface area contributed by atoms with Crippen LogP contribution in [0.3, 0.4) is 0 Å². The van der Waals surface area contributed by atoms with Crippen molar-refractivity contribution in [1.82, 2.24) is 9.55 Å². The van der Waals surface area contributed by atoms with Crippen molar-refractivity contribution in [3.05, 3.63) is 29.0 Å². The van der Waals surface area contributed by atoms with Gasteiger partial charge in [-0.25, -0.2) is 4.98 Å². The third kappa shape index (κ3) is 2.79. The zero-order valence-electron chi connectivity index (χ0n) is 10.5. The summed E-state index contributed by atoms with van der Waals surface area (Å²) in [6.07, 6.45) is 0.922. The van der Waals surface area contributed by atoms with Gasteiger partial charge in [-0.2, -0.15) is 0 Å². The molecule has 0 N–H and O–H groups in total. The monoisotopic (exact) mass is 286 g/mol. The minimum Gasteiger partial charge on any atom is -0.385 e. The average molecular weight is 287 g/mol. The van der Waals surface area contributed by atoms with E-state index in [4.69, 9.17) is 27.9 Å². The number of fused-ring (bicyclic) bond motifs is 1. The molecule has 0 bridgehead atoms. The predicted octanol–water partition coefficient (Wildman–Crippen LogP) is 4.03. The molecule has 5 heteroatoms. The normalized spacial score (nSPS) is 13.1. The highest BCUT2D eigenvalue weighted by atomic mass is 35.5. The maximum absolute atomic E-state index is 6.18. The van der Waals surface area contributed by atoms with Crippen LogP contribution in [-0.4, -0.2) is 23.3 Å². The van der Waals surface area contributed by atoms with Gasteiger partial charge in [-0.3, -0.25) is 0 Å². The molecule has 98 valence electrons. The molecular weight excluding hydrogens is 271 g/mol. The number of ether oxygens (including phenoxy) is 1. The van der Waals surface area contributed by atoms with Crippen LogP contribution in [0.4, 0.5) is 0 Å². The molecule has 0 saturated carbocycles. The van der Waals surface area contributed by atoms with E-state index in [1.807, 2.05) is 25.1 Å². The second kappa shape index (κ2) is 5.91. The number of aryl methyl sites for hydroxylation is 1. The lowest BCUT2D eigenvalue weighted by Gasteiger charge is -2.10. The molecule has 2 rings (SSSR count). The second-order valence-corrected chi connectivity index (χ2v) is 5.31. The van der Waals surface area contributed by atoms with Crippen molar-refractivity contribution in [2.75, 3.05) is 13.7 Å². The van der Waals surface area contributed by atoms with E-state index >= 15 is 0 Å². The van der Waals surface area contributed by atoms with Crippen LogP contribution in [0, 0.1) is 0 Å². The van der Waals surface area contributed by atoms with Gasteiger partial charge in [-0.1, -0.05) is 11.6 Å². The molecule has 1 aromatic carbocycles. The van der Waals surface area contributed by atoms with Gasteiger partial charge in [0.1, 0.15) is 5.82 Å². The van der Waals surface area contributed by atoms with Crippen molar-refractivity contribution in [3.8, 4) is 0 Å². The van der Waals surface area contributed by atoms with E-state index in [-0.39, 0.29) is 5.38 Å². The van der Waals surface area contributed by atoms with Crippen molar-refractivity contribution in [3.63, 3.8) is 0 Å². The van der Waals surface area contributed by atoms with Gasteiger partial charge < -0.3 is 9.30 Å². The highest BCUT2D eigenvalue weighted by Crippen LogP contribution is 2.26. The van der Waals surface area contributed by atoms with E-state index in [0.29, 0.717) is 5.02 Å². The molecule has 0 amide bonds. The predicted molar refractivity (Wildman–Crippen MR) is 75.5 cm³/mol. The van der Waals surface area contributed by atoms with Crippen molar-refractivity contribution in [1.29, 1.82) is 0 Å². The fraction of sp³-hybridized carbons (Fsp3) is 0.462. The Morgan fingerprint density at radius 3 is 2.89 bits per heavy atom. The highest BCUT2D eigenvalue weighted by molar-refractivity contribution is 6.31. The molecule has 1 atom stereocenters. The SMILES string of the molecule is COCCCn1c(C(C)Cl)nc2ccc(Cl)cc21. The Labute approximate surface area is 117 Å². The van der Waals surface area contributed by atoms with Crippen molar-refractivity contribution in [2.24, 2.45) is 0 Å². The summed E-state index contributed by atoms with van der Waals surface area (Å²) in [5, 5.41) is 0.586. The third-order valence-electron chi connectivity index (χ3n) is 2.83. The van der Waals surface area contributed by atoms with Gasteiger partial charge in [0.25, 0.3) is 0 Å². The van der Waals surface area contributed by atoms with Crippen LogP contribution >= 0.6 is 23.2 Å². The molecule has 0 aliphatic carbocycles. The Balaban J connectivity index is 2.43. The minimum atomic E-state index is -0.126. The summed E-state index contributed by atoms with van der Waals surface area (Å²) in [6, 6.07) is 5.70. The Kier molecular flexibility index (Phi) is 4.49. The molecule has 0 spiro atoms. The molecule has 18 heavy (non-hydrogen) atoms. The first-order chi connectivity index (χ1) is 8.63. The zero-order valence-corrected chi connectivity index (χ0v) is 12.0. The number of imidazole rings is 1. The Morgan fingerprint density at radius 2 is 2.22 bits per heavy atom. The van der Waals surface area contributed by atoms with Crippen molar-refractivity contribution >= 4 is 34.2 Å². The number of methoxy groups -OCH3 is 1. The average Bonchev–Trinajstić information content (AvgIpc) is 2.68. The molecule has 1 unspecified atom stereocenters. The Hall–Kier alpha value is -0.770. The number of nitrogens with zero attached hydrogens (tertiary/aromatic N) is 2. The van der Waals surface area contributed by atoms with Gasteiger partial charge in [0.2, 0.25) is 0 Å². The number of alkyl halides is 1. The van der Waals surface area contributed by atoms with Crippen molar-refractivity contribution in [2.45, 2.75) is 25.3 Å². The van der Waals surface area contributed by atoms with E-state index in [1.54, 1.807) is 7.11 Å². The van der Waals surface area contributed by atoms with Gasteiger partial charge >= 0.3 is 0 Å². The lowest BCUT2D eigenvalue weighted by molar-refractivity contribution is 0.190. The summed E-state index contributed by atoms with van der Waals surface area (Å²) in [5.74, 6) is 0.880. The topological polar surface area (TPSA) is 27.1 Å². The first-order valence-electron chi connectivity index (χ1n) is 5.92. The quantitative estimate of drug-likeness (QED) is 0.613.